The number of rotatable bonds is 3. The Hall–Kier alpha value is -1.41. The molecule has 18 heavy (non-hydrogen) atoms. The molecule has 0 aliphatic rings. The minimum absolute atomic E-state index is 0.243. The van der Waals surface area contributed by atoms with E-state index >= 15 is 0 Å². The lowest BCUT2D eigenvalue weighted by atomic mass is 10.0. The highest BCUT2D eigenvalue weighted by atomic mass is 35.5. The molecular formula is C15H15ClFN. The number of benzene rings is 1. The van der Waals surface area contributed by atoms with Crippen LogP contribution in [0.15, 0.2) is 36.5 Å². The predicted octanol–water partition coefficient (Wildman–Crippen LogP) is 4.36. The molecule has 2 aromatic rings. The quantitative estimate of drug-likeness (QED) is 0.750. The van der Waals surface area contributed by atoms with Crippen molar-refractivity contribution < 1.29 is 4.39 Å². The van der Waals surface area contributed by atoms with E-state index in [4.69, 9.17) is 11.6 Å². The molecule has 0 saturated heterocycles. The summed E-state index contributed by atoms with van der Waals surface area (Å²) in [6, 6.07) is 8.85. The Bertz CT molecular complexity index is 516. The maximum atomic E-state index is 13.3. The fourth-order valence-corrected chi connectivity index (χ4v) is 2.15. The van der Waals surface area contributed by atoms with Crippen molar-refractivity contribution in [2.24, 2.45) is 0 Å². The van der Waals surface area contributed by atoms with Crippen molar-refractivity contribution in [1.29, 1.82) is 0 Å². The van der Waals surface area contributed by atoms with Gasteiger partial charge in [-0.15, -0.1) is 11.6 Å². The first-order valence-corrected chi connectivity index (χ1v) is 6.31. The van der Waals surface area contributed by atoms with Crippen LogP contribution in [-0.4, -0.2) is 4.98 Å². The van der Waals surface area contributed by atoms with Crippen LogP contribution >= 0.6 is 11.6 Å². The topological polar surface area (TPSA) is 12.9 Å². The van der Waals surface area contributed by atoms with E-state index in [-0.39, 0.29) is 11.2 Å². The normalized spacial score (nSPS) is 12.4. The Labute approximate surface area is 112 Å². The maximum absolute atomic E-state index is 13.3. The molecule has 1 aromatic heterocycles. The first-order valence-electron chi connectivity index (χ1n) is 5.87. The SMILES string of the molecule is Cc1ccc(CC(Cl)c2cc(C)cc(F)c2)nc1. The van der Waals surface area contributed by atoms with Crippen molar-refractivity contribution in [3.8, 4) is 0 Å². The number of aromatic nitrogens is 1. The third-order valence-corrected chi connectivity index (χ3v) is 3.19. The van der Waals surface area contributed by atoms with Crippen molar-refractivity contribution in [3.05, 3.63) is 64.7 Å². The molecule has 3 heteroatoms. The van der Waals surface area contributed by atoms with E-state index in [1.54, 1.807) is 0 Å². The van der Waals surface area contributed by atoms with Gasteiger partial charge in [-0.2, -0.15) is 0 Å². The summed E-state index contributed by atoms with van der Waals surface area (Å²) in [7, 11) is 0. The molecule has 1 atom stereocenters. The third-order valence-electron chi connectivity index (χ3n) is 2.79. The zero-order valence-corrected chi connectivity index (χ0v) is 11.2. The van der Waals surface area contributed by atoms with E-state index in [9.17, 15) is 4.39 Å². The van der Waals surface area contributed by atoms with Crippen molar-refractivity contribution >= 4 is 11.6 Å². The molecule has 0 aliphatic carbocycles. The van der Waals surface area contributed by atoms with Gasteiger partial charge in [-0.1, -0.05) is 12.1 Å². The van der Waals surface area contributed by atoms with Gasteiger partial charge < -0.3 is 0 Å². The van der Waals surface area contributed by atoms with Gasteiger partial charge in [0.05, 0.1) is 5.38 Å². The van der Waals surface area contributed by atoms with E-state index in [0.717, 1.165) is 22.4 Å². The smallest absolute Gasteiger partial charge is 0.123 e. The standard InChI is InChI=1S/C15H15ClFN/c1-10-3-4-14(18-9-10)8-15(16)12-5-11(2)6-13(17)7-12/h3-7,9,15H,8H2,1-2H3. The van der Waals surface area contributed by atoms with Crippen molar-refractivity contribution in [1.82, 2.24) is 4.98 Å². The highest BCUT2D eigenvalue weighted by Crippen LogP contribution is 2.26. The van der Waals surface area contributed by atoms with Gasteiger partial charge in [0.2, 0.25) is 0 Å². The van der Waals surface area contributed by atoms with Gasteiger partial charge in [0.15, 0.2) is 0 Å². The van der Waals surface area contributed by atoms with Crippen molar-refractivity contribution in [2.45, 2.75) is 25.6 Å². The lowest BCUT2D eigenvalue weighted by Gasteiger charge is -2.10. The predicted molar refractivity (Wildman–Crippen MR) is 72.4 cm³/mol. The molecule has 0 N–H and O–H groups in total. The number of nitrogens with zero attached hydrogens (tertiary/aromatic N) is 1. The largest absolute Gasteiger partial charge is 0.261 e. The summed E-state index contributed by atoms with van der Waals surface area (Å²) >= 11 is 6.32. The molecule has 0 radical (unpaired) electrons. The number of pyridine rings is 1. The summed E-state index contributed by atoms with van der Waals surface area (Å²) in [6.07, 6.45) is 2.42. The van der Waals surface area contributed by atoms with E-state index in [1.165, 1.54) is 12.1 Å². The highest BCUT2D eigenvalue weighted by Gasteiger charge is 2.11. The first kappa shape index (κ1) is 13.0. The van der Waals surface area contributed by atoms with Gasteiger partial charge in [0.1, 0.15) is 5.82 Å². The summed E-state index contributed by atoms with van der Waals surface area (Å²) < 4.78 is 13.3. The van der Waals surface area contributed by atoms with Crippen LogP contribution in [0.3, 0.4) is 0 Å². The monoisotopic (exact) mass is 263 g/mol. The second-order valence-electron chi connectivity index (χ2n) is 4.56. The second-order valence-corrected chi connectivity index (χ2v) is 5.09. The van der Waals surface area contributed by atoms with E-state index in [1.807, 2.05) is 38.2 Å². The van der Waals surface area contributed by atoms with Crippen LogP contribution in [0.4, 0.5) is 4.39 Å². The minimum Gasteiger partial charge on any atom is -0.261 e. The van der Waals surface area contributed by atoms with Crippen molar-refractivity contribution in [3.63, 3.8) is 0 Å². The van der Waals surface area contributed by atoms with Crippen LogP contribution in [0.5, 0.6) is 0 Å². The van der Waals surface area contributed by atoms with Gasteiger partial charge >= 0.3 is 0 Å². The highest BCUT2D eigenvalue weighted by molar-refractivity contribution is 6.20. The number of hydrogen-bond donors (Lipinski definition) is 0. The summed E-state index contributed by atoms with van der Waals surface area (Å²) in [5.41, 5.74) is 3.72. The Kier molecular flexibility index (Phi) is 3.97. The molecule has 0 fully saturated rings. The van der Waals surface area contributed by atoms with Crippen molar-refractivity contribution in [2.75, 3.05) is 0 Å². The lowest BCUT2D eigenvalue weighted by Crippen LogP contribution is -1.99. The average Bonchev–Trinajstić information content (AvgIpc) is 2.31. The van der Waals surface area contributed by atoms with Crippen LogP contribution in [0, 0.1) is 19.7 Å². The van der Waals surface area contributed by atoms with Crippen LogP contribution in [-0.2, 0) is 6.42 Å². The molecular weight excluding hydrogens is 249 g/mol. The molecule has 1 unspecified atom stereocenters. The van der Waals surface area contributed by atoms with Crippen LogP contribution in [0.2, 0.25) is 0 Å². The molecule has 0 saturated carbocycles. The molecule has 0 bridgehead atoms. The fourth-order valence-electron chi connectivity index (χ4n) is 1.87. The molecule has 2 rings (SSSR count). The Morgan fingerprint density at radius 2 is 1.94 bits per heavy atom. The third kappa shape index (κ3) is 3.30. The maximum Gasteiger partial charge on any atom is 0.123 e. The van der Waals surface area contributed by atoms with Crippen LogP contribution in [0.25, 0.3) is 0 Å². The molecule has 0 aliphatic heterocycles. The molecule has 1 heterocycles. The minimum atomic E-state index is -0.255. The zero-order chi connectivity index (χ0) is 13.1. The number of aryl methyl sites for hydroxylation is 2. The lowest BCUT2D eigenvalue weighted by molar-refractivity contribution is 0.623. The zero-order valence-electron chi connectivity index (χ0n) is 10.5. The van der Waals surface area contributed by atoms with Crippen LogP contribution in [0.1, 0.15) is 27.8 Å². The fraction of sp³-hybridized carbons (Fsp3) is 0.267. The van der Waals surface area contributed by atoms with Crippen LogP contribution < -0.4 is 0 Å². The molecule has 0 amide bonds. The van der Waals surface area contributed by atoms with Gasteiger partial charge in [0, 0.05) is 18.3 Å². The van der Waals surface area contributed by atoms with E-state index < -0.39 is 0 Å². The Morgan fingerprint density at radius 3 is 2.56 bits per heavy atom. The van der Waals surface area contributed by atoms with Gasteiger partial charge in [-0.25, -0.2) is 4.39 Å². The number of hydrogen-bond acceptors (Lipinski definition) is 1. The first-order chi connectivity index (χ1) is 8.54. The Balaban J connectivity index is 2.16. The summed E-state index contributed by atoms with van der Waals surface area (Å²) in [6.45, 7) is 3.85. The van der Waals surface area contributed by atoms with Gasteiger partial charge in [0.25, 0.3) is 0 Å². The van der Waals surface area contributed by atoms with Gasteiger partial charge in [-0.3, -0.25) is 4.98 Å². The Morgan fingerprint density at radius 1 is 1.17 bits per heavy atom. The second kappa shape index (κ2) is 5.49. The summed E-state index contributed by atoms with van der Waals surface area (Å²) in [4.78, 5) is 4.31. The van der Waals surface area contributed by atoms with Gasteiger partial charge in [-0.05, 0) is 48.7 Å². The molecule has 0 spiro atoms. The average molecular weight is 264 g/mol. The molecule has 1 aromatic carbocycles. The molecule has 1 nitrogen and oxygen atoms in total. The summed E-state index contributed by atoms with van der Waals surface area (Å²) in [5.74, 6) is -0.243. The molecule has 94 valence electrons. The summed E-state index contributed by atoms with van der Waals surface area (Å²) in [5, 5.41) is -0.255. The van der Waals surface area contributed by atoms with E-state index in [2.05, 4.69) is 4.98 Å². The number of halogens is 2. The van der Waals surface area contributed by atoms with E-state index in [0.29, 0.717) is 6.42 Å². The number of alkyl halides is 1.